The smallest absolute Gasteiger partial charge is 0.354 e. The van der Waals surface area contributed by atoms with Crippen LogP contribution in [0, 0.1) is 6.92 Å². The normalized spacial score (nSPS) is 10.9. The molecule has 0 fully saturated rings. The summed E-state index contributed by atoms with van der Waals surface area (Å²) in [6.07, 6.45) is 1.72. The third-order valence-corrected chi connectivity index (χ3v) is 4.07. The molecule has 6 heteroatoms. The minimum atomic E-state index is -1.09. The molecule has 0 aliphatic carbocycles. The van der Waals surface area contributed by atoms with Crippen LogP contribution in [0.25, 0.3) is 33.5 Å². The predicted molar refractivity (Wildman–Crippen MR) is 94.3 cm³/mol. The molecule has 2 N–H and O–H groups in total. The highest BCUT2D eigenvalue weighted by Gasteiger charge is 2.16. The molecule has 2 aromatic carbocycles. The topological polar surface area (TPSA) is 91.8 Å². The second kappa shape index (κ2) is 5.83. The molecule has 25 heavy (non-hydrogen) atoms. The molecule has 0 saturated heterocycles. The molecular weight excluding hydrogens is 316 g/mol. The number of carbonyl (C=O) groups is 1. The molecule has 4 rings (SSSR count). The Balaban J connectivity index is 2.01. The lowest BCUT2D eigenvalue weighted by Crippen LogP contribution is -2.05. The van der Waals surface area contributed by atoms with Crippen LogP contribution in [-0.2, 0) is 0 Å². The number of H-pyrrole nitrogens is 1. The lowest BCUT2D eigenvalue weighted by Gasteiger charge is -2.10. The molecule has 0 saturated carbocycles. The van der Waals surface area contributed by atoms with Gasteiger partial charge < -0.3 is 5.11 Å². The SMILES string of the molecule is Cc1ccc2[nH]ncc2c1-c1cc(C(=O)O)nc(-c2ccccc2)n1. The summed E-state index contributed by atoms with van der Waals surface area (Å²) in [5, 5.41) is 17.4. The molecule has 0 radical (unpaired) electrons. The maximum atomic E-state index is 11.6. The number of aryl methyl sites for hydroxylation is 1. The average Bonchev–Trinajstić information content (AvgIpc) is 3.10. The van der Waals surface area contributed by atoms with E-state index in [1.165, 1.54) is 6.07 Å². The standard InChI is InChI=1S/C19H14N4O2/c1-11-7-8-14-13(10-20-23-14)17(11)15-9-16(19(24)25)22-18(21-15)12-5-3-2-4-6-12/h2-10H,1H3,(H,20,23)(H,24,25). The number of nitrogens with one attached hydrogen (secondary N) is 1. The van der Waals surface area contributed by atoms with Crippen molar-refractivity contribution in [2.75, 3.05) is 0 Å². The van der Waals surface area contributed by atoms with Crippen LogP contribution < -0.4 is 0 Å². The Kier molecular flexibility index (Phi) is 3.50. The van der Waals surface area contributed by atoms with Crippen LogP contribution >= 0.6 is 0 Å². The van der Waals surface area contributed by atoms with Crippen molar-refractivity contribution in [2.24, 2.45) is 0 Å². The molecule has 2 aromatic heterocycles. The van der Waals surface area contributed by atoms with E-state index in [0.29, 0.717) is 11.5 Å². The Hall–Kier alpha value is -3.54. The summed E-state index contributed by atoms with van der Waals surface area (Å²) in [4.78, 5) is 20.4. The minimum Gasteiger partial charge on any atom is -0.477 e. The highest BCUT2D eigenvalue weighted by atomic mass is 16.4. The van der Waals surface area contributed by atoms with Crippen LogP contribution in [0.4, 0.5) is 0 Å². The fourth-order valence-electron chi connectivity index (χ4n) is 2.87. The summed E-state index contributed by atoms with van der Waals surface area (Å²) in [6.45, 7) is 1.96. The van der Waals surface area contributed by atoms with Gasteiger partial charge in [-0.3, -0.25) is 5.10 Å². The first-order chi connectivity index (χ1) is 12.1. The van der Waals surface area contributed by atoms with Gasteiger partial charge in [-0.2, -0.15) is 5.10 Å². The molecule has 0 amide bonds. The number of carboxylic acid groups (broad SMARTS) is 1. The van der Waals surface area contributed by atoms with Crippen molar-refractivity contribution in [3.8, 4) is 22.6 Å². The maximum Gasteiger partial charge on any atom is 0.354 e. The van der Waals surface area contributed by atoms with E-state index in [1.54, 1.807) is 6.20 Å². The van der Waals surface area contributed by atoms with Crippen molar-refractivity contribution in [1.82, 2.24) is 20.2 Å². The summed E-state index contributed by atoms with van der Waals surface area (Å²) in [5.41, 5.74) is 4.01. The highest BCUT2D eigenvalue weighted by Crippen LogP contribution is 2.31. The fourth-order valence-corrected chi connectivity index (χ4v) is 2.87. The summed E-state index contributed by atoms with van der Waals surface area (Å²) < 4.78 is 0. The van der Waals surface area contributed by atoms with Gasteiger partial charge in [0.25, 0.3) is 0 Å². The lowest BCUT2D eigenvalue weighted by atomic mass is 10.0. The van der Waals surface area contributed by atoms with Gasteiger partial charge in [-0.05, 0) is 24.6 Å². The van der Waals surface area contributed by atoms with Gasteiger partial charge in [0.1, 0.15) is 0 Å². The van der Waals surface area contributed by atoms with Gasteiger partial charge in [0.2, 0.25) is 0 Å². The van der Waals surface area contributed by atoms with E-state index in [-0.39, 0.29) is 5.69 Å². The first kappa shape index (κ1) is 15.0. The summed E-state index contributed by atoms with van der Waals surface area (Å²) in [5.74, 6) is -0.701. The highest BCUT2D eigenvalue weighted by molar-refractivity contribution is 5.96. The molecule has 2 heterocycles. The van der Waals surface area contributed by atoms with Gasteiger partial charge in [0.05, 0.1) is 17.4 Å². The Morgan fingerprint density at radius 1 is 1.08 bits per heavy atom. The predicted octanol–water partition coefficient (Wildman–Crippen LogP) is 3.69. The van der Waals surface area contributed by atoms with Gasteiger partial charge in [0, 0.05) is 16.5 Å². The van der Waals surface area contributed by atoms with Crippen molar-refractivity contribution >= 4 is 16.9 Å². The van der Waals surface area contributed by atoms with E-state index in [0.717, 1.165) is 27.6 Å². The number of hydrogen-bond donors (Lipinski definition) is 2. The Morgan fingerprint density at radius 3 is 2.64 bits per heavy atom. The number of fused-ring (bicyclic) bond motifs is 1. The number of rotatable bonds is 3. The van der Waals surface area contributed by atoms with E-state index < -0.39 is 5.97 Å². The van der Waals surface area contributed by atoms with Crippen LogP contribution in [0.5, 0.6) is 0 Å². The molecule has 6 nitrogen and oxygen atoms in total. The van der Waals surface area contributed by atoms with E-state index in [4.69, 9.17) is 0 Å². The Labute approximate surface area is 143 Å². The van der Waals surface area contributed by atoms with Crippen LogP contribution in [0.3, 0.4) is 0 Å². The largest absolute Gasteiger partial charge is 0.477 e. The van der Waals surface area contributed by atoms with E-state index in [1.807, 2.05) is 49.4 Å². The quantitative estimate of drug-likeness (QED) is 0.597. The first-order valence-corrected chi connectivity index (χ1v) is 7.74. The van der Waals surface area contributed by atoms with Crippen molar-refractivity contribution < 1.29 is 9.90 Å². The van der Waals surface area contributed by atoms with Gasteiger partial charge in [-0.1, -0.05) is 36.4 Å². The molecule has 0 spiro atoms. The van der Waals surface area contributed by atoms with Crippen LogP contribution in [0.15, 0.2) is 54.7 Å². The first-order valence-electron chi connectivity index (χ1n) is 7.74. The summed E-state index contributed by atoms with van der Waals surface area (Å²) in [6, 6.07) is 14.7. The molecule has 0 unspecified atom stereocenters. The van der Waals surface area contributed by atoms with E-state index in [9.17, 15) is 9.90 Å². The third-order valence-electron chi connectivity index (χ3n) is 4.07. The Morgan fingerprint density at radius 2 is 1.88 bits per heavy atom. The van der Waals surface area contributed by atoms with Crippen LogP contribution in [0.2, 0.25) is 0 Å². The minimum absolute atomic E-state index is 0.0382. The second-order valence-electron chi connectivity index (χ2n) is 5.72. The van der Waals surface area contributed by atoms with Gasteiger partial charge in [-0.15, -0.1) is 0 Å². The number of benzene rings is 2. The van der Waals surface area contributed by atoms with Crippen molar-refractivity contribution in [1.29, 1.82) is 0 Å². The zero-order valence-electron chi connectivity index (χ0n) is 13.4. The van der Waals surface area contributed by atoms with E-state index >= 15 is 0 Å². The number of aromatic carboxylic acids is 1. The number of hydrogen-bond acceptors (Lipinski definition) is 4. The van der Waals surface area contributed by atoms with Gasteiger partial charge in [0.15, 0.2) is 11.5 Å². The number of carboxylic acids is 1. The van der Waals surface area contributed by atoms with Crippen molar-refractivity contribution in [2.45, 2.75) is 6.92 Å². The fraction of sp³-hybridized carbons (Fsp3) is 0.0526. The van der Waals surface area contributed by atoms with Gasteiger partial charge >= 0.3 is 5.97 Å². The zero-order valence-corrected chi connectivity index (χ0v) is 13.4. The number of nitrogens with zero attached hydrogens (tertiary/aromatic N) is 3. The Bertz CT molecular complexity index is 1090. The van der Waals surface area contributed by atoms with E-state index in [2.05, 4.69) is 20.2 Å². The average molecular weight is 330 g/mol. The van der Waals surface area contributed by atoms with Crippen molar-refractivity contribution in [3.63, 3.8) is 0 Å². The molecule has 4 aromatic rings. The third kappa shape index (κ3) is 2.63. The number of aromatic amines is 1. The zero-order chi connectivity index (χ0) is 17.4. The molecule has 122 valence electrons. The lowest BCUT2D eigenvalue weighted by molar-refractivity contribution is 0.0690. The molecule has 0 aliphatic rings. The monoisotopic (exact) mass is 330 g/mol. The molecular formula is C19H14N4O2. The number of aromatic nitrogens is 4. The maximum absolute atomic E-state index is 11.6. The summed E-state index contributed by atoms with van der Waals surface area (Å²) >= 11 is 0. The van der Waals surface area contributed by atoms with Crippen LogP contribution in [-0.4, -0.2) is 31.2 Å². The molecule has 0 atom stereocenters. The van der Waals surface area contributed by atoms with Gasteiger partial charge in [-0.25, -0.2) is 14.8 Å². The molecule has 0 aliphatic heterocycles. The van der Waals surface area contributed by atoms with Crippen molar-refractivity contribution in [3.05, 3.63) is 66.0 Å². The van der Waals surface area contributed by atoms with Crippen LogP contribution in [0.1, 0.15) is 16.1 Å². The molecule has 0 bridgehead atoms. The summed E-state index contributed by atoms with van der Waals surface area (Å²) in [7, 11) is 0. The second-order valence-corrected chi connectivity index (χ2v) is 5.72.